The Morgan fingerprint density at radius 1 is 1.12 bits per heavy atom. The van der Waals surface area contributed by atoms with E-state index in [1.165, 1.54) is 51.5 Å². The van der Waals surface area contributed by atoms with Crippen molar-refractivity contribution in [1.82, 2.24) is 5.32 Å². The SMILES string of the molecule is CCCNC(C(C)CC)C1CCCCC1CC. The van der Waals surface area contributed by atoms with Crippen LogP contribution in [0.2, 0.25) is 0 Å². The molecular weight excluding hydrogens is 206 g/mol. The summed E-state index contributed by atoms with van der Waals surface area (Å²) in [5.74, 6) is 2.75. The molecule has 0 aromatic rings. The second-order valence-electron chi connectivity index (χ2n) is 5.98. The molecule has 1 fully saturated rings. The fraction of sp³-hybridized carbons (Fsp3) is 1.00. The van der Waals surface area contributed by atoms with Crippen LogP contribution in [0, 0.1) is 17.8 Å². The second kappa shape index (κ2) is 8.13. The first-order valence-corrected chi connectivity index (χ1v) is 7.97. The molecule has 0 radical (unpaired) electrons. The van der Waals surface area contributed by atoms with Gasteiger partial charge in [-0.15, -0.1) is 0 Å². The van der Waals surface area contributed by atoms with Crippen LogP contribution in [0.4, 0.5) is 0 Å². The summed E-state index contributed by atoms with van der Waals surface area (Å²) in [6, 6.07) is 0.769. The standard InChI is InChI=1S/C16H33N/c1-5-12-17-16(13(4)6-2)15-11-9-8-10-14(15)7-3/h13-17H,5-12H2,1-4H3. The van der Waals surface area contributed by atoms with Gasteiger partial charge in [0.25, 0.3) is 0 Å². The fourth-order valence-corrected chi connectivity index (χ4v) is 3.56. The molecule has 0 aliphatic heterocycles. The quantitative estimate of drug-likeness (QED) is 0.683. The van der Waals surface area contributed by atoms with Crippen LogP contribution in [0.25, 0.3) is 0 Å². The summed E-state index contributed by atoms with van der Waals surface area (Å²) in [5, 5.41) is 3.85. The predicted octanol–water partition coefficient (Wildman–Crippen LogP) is 4.62. The largest absolute Gasteiger partial charge is 0.313 e. The summed E-state index contributed by atoms with van der Waals surface area (Å²) in [6.07, 6.45) is 9.82. The van der Waals surface area contributed by atoms with E-state index in [-0.39, 0.29) is 0 Å². The molecule has 0 bridgehead atoms. The minimum Gasteiger partial charge on any atom is -0.313 e. The molecule has 1 nitrogen and oxygen atoms in total. The molecule has 4 unspecified atom stereocenters. The molecule has 0 heterocycles. The Balaban J connectivity index is 2.64. The van der Waals surface area contributed by atoms with Gasteiger partial charge in [-0.25, -0.2) is 0 Å². The van der Waals surface area contributed by atoms with Crippen molar-refractivity contribution in [2.75, 3.05) is 6.54 Å². The summed E-state index contributed by atoms with van der Waals surface area (Å²) in [5.41, 5.74) is 0. The first kappa shape index (κ1) is 15.0. The molecule has 1 N–H and O–H groups in total. The Morgan fingerprint density at radius 2 is 1.82 bits per heavy atom. The third kappa shape index (κ3) is 4.28. The van der Waals surface area contributed by atoms with Gasteiger partial charge >= 0.3 is 0 Å². The topological polar surface area (TPSA) is 12.0 Å². The van der Waals surface area contributed by atoms with E-state index in [4.69, 9.17) is 0 Å². The van der Waals surface area contributed by atoms with Gasteiger partial charge in [0.15, 0.2) is 0 Å². The lowest BCUT2D eigenvalue weighted by molar-refractivity contribution is 0.140. The van der Waals surface area contributed by atoms with Crippen molar-refractivity contribution in [3.05, 3.63) is 0 Å². The summed E-state index contributed by atoms with van der Waals surface area (Å²) < 4.78 is 0. The Hall–Kier alpha value is -0.0400. The average Bonchev–Trinajstić information content (AvgIpc) is 2.39. The van der Waals surface area contributed by atoms with Crippen LogP contribution in [0.3, 0.4) is 0 Å². The van der Waals surface area contributed by atoms with E-state index >= 15 is 0 Å². The van der Waals surface area contributed by atoms with Crippen LogP contribution in [0.1, 0.15) is 72.6 Å². The summed E-state index contributed by atoms with van der Waals surface area (Å²) >= 11 is 0. The predicted molar refractivity (Wildman–Crippen MR) is 77.3 cm³/mol. The van der Waals surface area contributed by atoms with Crippen molar-refractivity contribution in [2.24, 2.45) is 17.8 Å². The third-order valence-electron chi connectivity index (χ3n) is 4.84. The van der Waals surface area contributed by atoms with Gasteiger partial charge < -0.3 is 5.32 Å². The zero-order chi connectivity index (χ0) is 12.7. The highest BCUT2D eigenvalue weighted by molar-refractivity contribution is 4.87. The highest BCUT2D eigenvalue weighted by atomic mass is 14.9. The van der Waals surface area contributed by atoms with Gasteiger partial charge in [-0.2, -0.15) is 0 Å². The zero-order valence-corrected chi connectivity index (χ0v) is 12.5. The molecule has 0 aromatic heterocycles. The van der Waals surface area contributed by atoms with E-state index in [0.29, 0.717) is 0 Å². The van der Waals surface area contributed by atoms with E-state index in [0.717, 1.165) is 23.8 Å². The van der Waals surface area contributed by atoms with Gasteiger partial charge in [-0.05, 0) is 37.1 Å². The minimum absolute atomic E-state index is 0.769. The normalized spacial score (nSPS) is 28.9. The van der Waals surface area contributed by atoms with Crippen molar-refractivity contribution < 1.29 is 0 Å². The number of hydrogen-bond donors (Lipinski definition) is 1. The lowest BCUT2D eigenvalue weighted by atomic mass is 9.70. The molecular formula is C16H33N. The first-order chi connectivity index (χ1) is 8.24. The van der Waals surface area contributed by atoms with Crippen LogP contribution in [-0.4, -0.2) is 12.6 Å². The van der Waals surface area contributed by atoms with Gasteiger partial charge in [-0.1, -0.05) is 59.8 Å². The average molecular weight is 239 g/mol. The fourth-order valence-electron chi connectivity index (χ4n) is 3.56. The Bertz CT molecular complexity index is 190. The van der Waals surface area contributed by atoms with Crippen LogP contribution >= 0.6 is 0 Å². The highest BCUT2D eigenvalue weighted by Crippen LogP contribution is 2.37. The molecule has 0 amide bonds. The molecule has 1 saturated carbocycles. The second-order valence-corrected chi connectivity index (χ2v) is 5.98. The zero-order valence-electron chi connectivity index (χ0n) is 12.5. The van der Waals surface area contributed by atoms with Crippen molar-refractivity contribution in [1.29, 1.82) is 0 Å². The van der Waals surface area contributed by atoms with Gasteiger partial charge in [0, 0.05) is 6.04 Å². The number of rotatable bonds is 7. The van der Waals surface area contributed by atoms with Gasteiger partial charge in [0.1, 0.15) is 0 Å². The van der Waals surface area contributed by atoms with E-state index in [2.05, 4.69) is 33.0 Å². The first-order valence-electron chi connectivity index (χ1n) is 7.97. The van der Waals surface area contributed by atoms with Gasteiger partial charge in [0.2, 0.25) is 0 Å². The Morgan fingerprint density at radius 3 is 2.41 bits per heavy atom. The van der Waals surface area contributed by atoms with Crippen molar-refractivity contribution in [3.8, 4) is 0 Å². The number of hydrogen-bond acceptors (Lipinski definition) is 1. The molecule has 0 saturated heterocycles. The molecule has 0 aromatic carbocycles. The van der Waals surface area contributed by atoms with Gasteiger partial charge in [-0.3, -0.25) is 0 Å². The minimum atomic E-state index is 0.769. The van der Waals surface area contributed by atoms with E-state index < -0.39 is 0 Å². The summed E-state index contributed by atoms with van der Waals surface area (Å²) in [6.45, 7) is 10.6. The Kier molecular flexibility index (Phi) is 7.18. The van der Waals surface area contributed by atoms with Crippen molar-refractivity contribution in [3.63, 3.8) is 0 Å². The van der Waals surface area contributed by atoms with E-state index in [1.807, 2.05) is 0 Å². The summed E-state index contributed by atoms with van der Waals surface area (Å²) in [7, 11) is 0. The highest BCUT2D eigenvalue weighted by Gasteiger charge is 2.32. The molecule has 0 spiro atoms. The lowest BCUT2D eigenvalue weighted by Crippen LogP contribution is -2.45. The maximum absolute atomic E-state index is 3.85. The monoisotopic (exact) mass is 239 g/mol. The molecule has 17 heavy (non-hydrogen) atoms. The molecule has 1 aliphatic carbocycles. The van der Waals surface area contributed by atoms with Crippen LogP contribution in [0.5, 0.6) is 0 Å². The maximum atomic E-state index is 3.85. The number of nitrogens with one attached hydrogen (secondary N) is 1. The molecule has 1 rings (SSSR count). The van der Waals surface area contributed by atoms with Crippen LogP contribution < -0.4 is 5.32 Å². The Labute approximate surface area is 109 Å². The molecule has 102 valence electrons. The maximum Gasteiger partial charge on any atom is 0.0123 e. The van der Waals surface area contributed by atoms with Crippen molar-refractivity contribution >= 4 is 0 Å². The van der Waals surface area contributed by atoms with Crippen molar-refractivity contribution in [2.45, 2.75) is 78.7 Å². The molecule has 1 heteroatoms. The lowest BCUT2D eigenvalue weighted by Gasteiger charge is -2.40. The smallest absolute Gasteiger partial charge is 0.0123 e. The molecule has 4 atom stereocenters. The van der Waals surface area contributed by atoms with Crippen LogP contribution in [0.15, 0.2) is 0 Å². The van der Waals surface area contributed by atoms with E-state index in [1.54, 1.807) is 0 Å². The van der Waals surface area contributed by atoms with Gasteiger partial charge in [0.05, 0.1) is 0 Å². The summed E-state index contributed by atoms with van der Waals surface area (Å²) in [4.78, 5) is 0. The third-order valence-corrected chi connectivity index (χ3v) is 4.84. The van der Waals surface area contributed by atoms with E-state index in [9.17, 15) is 0 Å². The molecule has 1 aliphatic rings. The van der Waals surface area contributed by atoms with Crippen LogP contribution in [-0.2, 0) is 0 Å².